The van der Waals surface area contributed by atoms with Crippen LogP contribution in [0, 0.1) is 0 Å². The average molecular weight is 616 g/mol. The number of para-hydroxylation sites is 3. The van der Waals surface area contributed by atoms with Gasteiger partial charge in [-0.15, -0.1) is 0 Å². The quantitative estimate of drug-likeness (QED) is 0.256. The molecule has 5 rings (SSSR count). The van der Waals surface area contributed by atoms with Gasteiger partial charge in [0.25, 0.3) is 11.8 Å². The van der Waals surface area contributed by atoms with Crippen LogP contribution in [-0.2, 0) is 27.0 Å². The van der Waals surface area contributed by atoms with Crippen LogP contribution in [0.15, 0.2) is 97.1 Å². The number of sulfonamides is 1. The standard InChI is InChI=1S/C33H33N3O7S/c1-41-29-17-16-23(20-30(29)42-2)18-19-34-32(37)25-12-6-7-13-26(25)35-33(38)31-21-36(27-14-8-9-15-28(27)43-31)44(39,40)22-24-10-4-3-5-11-24/h3-17,20,31H,18-19,21-22H2,1-2H3,(H,34,37)(H,35,38)/t31-/m1/s1. The number of amides is 2. The number of hydrogen-bond acceptors (Lipinski definition) is 7. The summed E-state index contributed by atoms with van der Waals surface area (Å²) in [6.07, 6.45) is -0.611. The number of hydrogen-bond donors (Lipinski definition) is 2. The number of anilines is 2. The fourth-order valence-electron chi connectivity index (χ4n) is 4.92. The van der Waals surface area contributed by atoms with E-state index in [2.05, 4.69) is 10.6 Å². The van der Waals surface area contributed by atoms with Gasteiger partial charge in [0, 0.05) is 6.54 Å². The Hall–Kier alpha value is -5.03. The smallest absolute Gasteiger partial charge is 0.267 e. The van der Waals surface area contributed by atoms with Crippen LogP contribution in [0.3, 0.4) is 0 Å². The van der Waals surface area contributed by atoms with Crippen LogP contribution in [0.2, 0.25) is 0 Å². The lowest BCUT2D eigenvalue weighted by Crippen LogP contribution is -2.49. The van der Waals surface area contributed by atoms with Crippen molar-refractivity contribution in [2.75, 3.05) is 36.9 Å². The molecule has 11 heteroatoms. The third kappa shape index (κ3) is 6.95. The number of fused-ring (bicyclic) bond motifs is 1. The topological polar surface area (TPSA) is 123 Å². The SMILES string of the molecule is COc1ccc(CCNC(=O)c2ccccc2NC(=O)[C@H]2CN(S(=O)(=O)Cc3ccccc3)c3ccccc3O2)cc1OC. The molecule has 0 aromatic heterocycles. The number of nitrogens with zero attached hydrogens (tertiary/aromatic N) is 1. The average Bonchev–Trinajstić information content (AvgIpc) is 3.04. The number of benzene rings is 4. The van der Waals surface area contributed by atoms with Crippen LogP contribution in [0.5, 0.6) is 17.2 Å². The summed E-state index contributed by atoms with van der Waals surface area (Å²) >= 11 is 0. The van der Waals surface area contributed by atoms with Crippen LogP contribution < -0.4 is 29.1 Å². The Morgan fingerprint density at radius 2 is 1.57 bits per heavy atom. The van der Waals surface area contributed by atoms with Crippen molar-refractivity contribution in [2.45, 2.75) is 18.3 Å². The van der Waals surface area contributed by atoms with E-state index < -0.39 is 22.0 Å². The molecule has 4 aromatic carbocycles. The van der Waals surface area contributed by atoms with E-state index in [0.717, 1.165) is 5.56 Å². The molecule has 0 spiro atoms. The van der Waals surface area contributed by atoms with Gasteiger partial charge in [-0.1, -0.05) is 60.7 Å². The number of methoxy groups -OCH3 is 2. The minimum absolute atomic E-state index is 0.225. The molecular formula is C33H33N3O7S. The van der Waals surface area contributed by atoms with Gasteiger partial charge in [-0.25, -0.2) is 8.42 Å². The molecule has 228 valence electrons. The lowest BCUT2D eigenvalue weighted by atomic mass is 10.1. The van der Waals surface area contributed by atoms with Gasteiger partial charge in [-0.3, -0.25) is 13.9 Å². The highest BCUT2D eigenvalue weighted by Gasteiger charge is 2.37. The van der Waals surface area contributed by atoms with E-state index in [0.29, 0.717) is 35.7 Å². The molecule has 44 heavy (non-hydrogen) atoms. The van der Waals surface area contributed by atoms with Crippen molar-refractivity contribution in [3.63, 3.8) is 0 Å². The number of carbonyl (C=O) groups excluding carboxylic acids is 2. The third-order valence-corrected chi connectivity index (χ3v) is 8.85. The largest absolute Gasteiger partial charge is 0.493 e. The van der Waals surface area contributed by atoms with E-state index >= 15 is 0 Å². The van der Waals surface area contributed by atoms with Crippen LogP contribution >= 0.6 is 0 Å². The van der Waals surface area contributed by atoms with Gasteiger partial charge < -0.3 is 24.8 Å². The molecule has 2 N–H and O–H groups in total. The van der Waals surface area contributed by atoms with E-state index in [9.17, 15) is 18.0 Å². The van der Waals surface area contributed by atoms with E-state index in [1.807, 2.05) is 18.2 Å². The summed E-state index contributed by atoms with van der Waals surface area (Å²) in [7, 11) is -0.729. The van der Waals surface area contributed by atoms with Crippen LogP contribution in [0.4, 0.5) is 11.4 Å². The van der Waals surface area contributed by atoms with Gasteiger partial charge >= 0.3 is 0 Å². The first-order chi connectivity index (χ1) is 21.3. The molecule has 0 unspecified atom stereocenters. The van der Waals surface area contributed by atoms with Gasteiger partial charge in [0.05, 0.1) is 43.5 Å². The van der Waals surface area contributed by atoms with E-state index in [4.69, 9.17) is 14.2 Å². The fourth-order valence-corrected chi connectivity index (χ4v) is 6.50. The zero-order chi connectivity index (χ0) is 31.1. The Balaban J connectivity index is 1.28. The first-order valence-electron chi connectivity index (χ1n) is 14.0. The van der Waals surface area contributed by atoms with Gasteiger partial charge in [0.2, 0.25) is 10.0 Å². The molecule has 0 aliphatic carbocycles. The predicted molar refractivity (Wildman–Crippen MR) is 168 cm³/mol. The zero-order valence-corrected chi connectivity index (χ0v) is 25.2. The normalized spacial score (nSPS) is 14.1. The number of nitrogens with one attached hydrogen (secondary N) is 2. The van der Waals surface area contributed by atoms with Crippen molar-refractivity contribution in [1.82, 2.24) is 5.32 Å². The molecule has 2 amide bonds. The zero-order valence-electron chi connectivity index (χ0n) is 24.4. The summed E-state index contributed by atoms with van der Waals surface area (Å²) in [5.74, 6) is 0.309. The molecule has 1 atom stereocenters. The Morgan fingerprint density at radius 1 is 0.864 bits per heavy atom. The van der Waals surface area contributed by atoms with Gasteiger partial charge in [0.1, 0.15) is 5.75 Å². The summed E-state index contributed by atoms with van der Waals surface area (Å²) in [6.45, 7) is 0.116. The molecule has 1 aliphatic rings. The van der Waals surface area contributed by atoms with Gasteiger partial charge in [0.15, 0.2) is 17.6 Å². The molecule has 0 radical (unpaired) electrons. The van der Waals surface area contributed by atoms with Crippen molar-refractivity contribution in [1.29, 1.82) is 0 Å². The number of rotatable bonds is 11. The highest BCUT2D eigenvalue weighted by atomic mass is 32.2. The summed E-state index contributed by atoms with van der Waals surface area (Å²) in [6, 6.07) is 27.7. The molecule has 1 aliphatic heterocycles. The third-order valence-electron chi connectivity index (χ3n) is 7.13. The first kappa shape index (κ1) is 30.4. The molecule has 0 fully saturated rings. The van der Waals surface area contributed by atoms with Crippen LogP contribution in [-0.4, -0.2) is 53.6 Å². The Labute approximate surface area is 256 Å². The monoisotopic (exact) mass is 615 g/mol. The summed E-state index contributed by atoms with van der Waals surface area (Å²) in [5, 5.41) is 5.66. The maximum atomic E-state index is 13.5. The lowest BCUT2D eigenvalue weighted by Gasteiger charge is -2.34. The van der Waals surface area contributed by atoms with Crippen LogP contribution in [0.25, 0.3) is 0 Å². The van der Waals surface area contributed by atoms with Crippen molar-refractivity contribution in [2.24, 2.45) is 0 Å². The minimum atomic E-state index is -3.86. The molecule has 0 bridgehead atoms. The lowest BCUT2D eigenvalue weighted by molar-refractivity contribution is -0.122. The fraction of sp³-hybridized carbons (Fsp3) is 0.212. The first-order valence-corrected chi connectivity index (χ1v) is 15.6. The van der Waals surface area contributed by atoms with E-state index in [1.54, 1.807) is 93.1 Å². The van der Waals surface area contributed by atoms with E-state index in [-0.39, 0.29) is 35.2 Å². The summed E-state index contributed by atoms with van der Waals surface area (Å²) in [4.78, 5) is 26.6. The molecular weight excluding hydrogens is 582 g/mol. The number of ether oxygens (including phenoxy) is 3. The maximum absolute atomic E-state index is 13.5. The van der Waals surface area contributed by atoms with Crippen molar-refractivity contribution in [3.8, 4) is 17.2 Å². The predicted octanol–water partition coefficient (Wildman–Crippen LogP) is 4.41. The molecule has 0 saturated heterocycles. The molecule has 10 nitrogen and oxygen atoms in total. The van der Waals surface area contributed by atoms with E-state index in [1.165, 1.54) is 4.31 Å². The molecule has 4 aromatic rings. The van der Waals surface area contributed by atoms with Crippen molar-refractivity contribution >= 4 is 33.2 Å². The van der Waals surface area contributed by atoms with Gasteiger partial charge in [-0.05, 0) is 53.9 Å². The van der Waals surface area contributed by atoms with Gasteiger partial charge in [-0.2, -0.15) is 0 Å². The second-order valence-corrected chi connectivity index (χ2v) is 12.0. The highest BCUT2D eigenvalue weighted by molar-refractivity contribution is 7.92. The maximum Gasteiger partial charge on any atom is 0.267 e. The van der Waals surface area contributed by atoms with Crippen molar-refractivity contribution < 1.29 is 32.2 Å². The summed E-state index contributed by atoms with van der Waals surface area (Å²) in [5.41, 5.74) is 2.48. The Kier molecular flexibility index (Phi) is 9.35. The second kappa shape index (κ2) is 13.5. The molecule has 1 heterocycles. The number of carbonyl (C=O) groups is 2. The highest BCUT2D eigenvalue weighted by Crippen LogP contribution is 2.36. The minimum Gasteiger partial charge on any atom is -0.493 e. The van der Waals surface area contributed by atoms with Crippen LogP contribution in [0.1, 0.15) is 21.5 Å². The van der Waals surface area contributed by atoms with Crippen molar-refractivity contribution in [3.05, 3.63) is 114 Å². The second-order valence-electron chi connectivity index (χ2n) is 10.1. The Bertz CT molecular complexity index is 1750. The Morgan fingerprint density at radius 3 is 2.34 bits per heavy atom. The molecule has 0 saturated carbocycles. The summed E-state index contributed by atoms with van der Waals surface area (Å²) < 4.78 is 44.9.